The van der Waals surface area contributed by atoms with Crippen molar-refractivity contribution < 1.29 is 14.7 Å². The molecule has 0 saturated heterocycles. The van der Waals surface area contributed by atoms with Crippen molar-refractivity contribution in [2.75, 3.05) is 5.32 Å². The van der Waals surface area contributed by atoms with Gasteiger partial charge in [-0.05, 0) is 18.9 Å². The van der Waals surface area contributed by atoms with Crippen LogP contribution in [0.3, 0.4) is 0 Å². The van der Waals surface area contributed by atoms with Crippen molar-refractivity contribution in [2.45, 2.75) is 27.2 Å². The predicted molar refractivity (Wildman–Crippen MR) is 60.6 cm³/mol. The molecular weight excluding hydrogens is 208 g/mol. The number of rotatable bonds is 4. The molecule has 0 aliphatic heterocycles. The summed E-state index contributed by atoms with van der Waals surface area (Å²) in [5, 5.41) is 11.5. The Bertz CT molecular complexity index is 407. The Kier molecular flexibility index (Phi) is 3.71. The number of carboxylic acids is 1. The number of hydrogen-bond acceptors (Lipinski definition) is 2. The summed E-state index contributed by atoms with van der Waals surface area (Å²) < 4.78 is 0. The van der Waals surface area contributed by atoms with Crippen LogP contribution < -0.4 is 5.32 Å². The number of aromatic nitrogens is 1. The molecule has 5 heteroatoms. The summed E-state index contributed by atoms with van der Waals surface area (Å²) in [6.45, 7) is 5.60. The van der Waals surface area contributed by atoms with Crippen LogP contribution >= 0.6 is 0 Å². The number of hydrogen-bond donors (Lipinski definition) is 3. The molecule has 0 spiro atoms. The number of aryl methyl sites for hydroxylation is 1. The molecule has 3 N–H and O–H groups in total. The van der Waals surface area contributed by atoms with Crippen molar-refractivity contribution in [1.29, 1.82) is 0 Å². The van der Waals surface area contributed by atoms with Crippen LogP contribution in [0.4, 0.5) is 5.69 Å². The van der Waals surface area contributed by atoms with Crippen LogP contribution in [0.2, 0.25) is 0 Å². The zero-order valence-electron chi connectivity index (χ0n) is 9.63. The molecule has 0 bridgehead atoms. The van der Waals surface area contributed by atoms with Gasteiger partial charge in [-0.15, -0.1) is 0 Å². The molecule has 88 valence electrons. The third kappa shape index (κ3) is 3.12. The Morgan fingerprint density at radius 1 is 1.50 bits per heavy atom. The van der Waals surface area contributed by atoms with Crippen molar-refractivity contribution in [3.63, 3.8) is 0 Å². The Morgan fingerprint density at radius 3 is 2.62 bits per heavy atom. The number of nitrogens with one attached hydrogen (secondary N) is 2. The summed E-state index contributed by atoms with van der Waals surface area (Å²) in [6.07, 6.45) is 0.378. The summed E-state index contributed by atoms with van der Waals surface area (Å²) in [7, 11) is 0. The fourth-order valence-electron chi connectivity index (χ4n) is 1.43. The van der Waals surface area contributed by atoms with Gasteiger partial charge >= 0.3 is 5.97 Å². The first-order valence-corrected chi connectivity index (χ1v) is 5.13. The molecule has 0 aliphatic carbocycles. The van der Waals surface area contributed by atoms with Crippen LogP contribution in [-0.2, 0) is 4.79 Å². The first-order chi connectivity index (χ1) is 7.40. The van der Waals surface area contributed by atoms with Crippen LogP contribution in [0.5, 0.6) is 0 Å². The Labute approximate surface area is 93.9 Å². The number of carboxylic acid groups (broad SMARTS) is 1. The summed E-state index contributed by atoms with van der Waals surface area (Å²) in [5.41, 5.74) is 1.06. The highest BCUT2D eigenvalue weighted by atomic mass is 16.4. The lowest BCUT2D eigenvalue weighted by Crippen LogP contribution is -2.15. The maximum Gasteiger partial charge on any atom is 0.354 e. The molecule has 1 amide bonds. The van der Waals surface area contributed by atoms with Gasteiger partial charge in [0.05, 0.1) is 5.69 Å². The standard InChI is InChI=1S/C11H16N2O3/c1-6(2)4-9(14)13-8-5-7(3)12-10(8)11(15)16/h5-6,12H,4H2,1-3H3,(H,13,14)(H,15,16). The van der Waals surface area contributed by atoms with Crippen LogP contribution in [-0.4, -0.2) is 22.0 Å². The lowest BCUT2D eigenvalue weighted by Gasteiger charge is -2.06. The third-order valence-corrected chi connectivity index (χ3v) is 2.03. The second-order valence-electron chi connectivity index (χ2n) is 4.19. The fourth-order valence-corrected chi connectivity index (χ4v) is 1.43. The van der Waals surface area contributed by atoms with Gasteiger partial charge in [0, 0.05) is 12.1 Å². The van der Waals surface area contributed by atoms with Crippen LogP contribution in [0.25, 0.3) is 0 Å². The van der Waals surface area contributed by atoms with Gasteiger partial charge in [0.2, 0.25) is 5.91 Å². The molecule has 0 aromatic carbocycles. The second kappa shape index (κ2) is 4.83. The Balaban J connectivity index is 2.80. The van der Waals surface area contributed by atoms with E-state index in [1.165, 1.54) is 0 Å². The highest BCUT2D eigenvalue weighted by Crippen LogP contribution is 2.17. The zero-order valence-corrected chi connectivity index (χ0v) is 9.63. The Hall–Kier alpha value is -1.78. The number of H-pyrrole nitrogens is 1. The van der Waals surface area contributed by atoms with Gasteiger partial charge < -0.3 is 15.4 Å². The first kappa shape index (κ1) is 12.3. The molecule has 1 aromatic rings. The van der Waals surface area contributed by atoms with Crippen LogP contribution in [0.1, 0.15) is 36.5 Å². The number of aromatic amines is 1. The molecule has 0 unspecified atom stereocenters. The van der Waals surface area contributed by atoms with Gasteiger partial charge in [0.25, 0.3) is 0 Å². The van der Waals surface area contributed by atoms with Crippen molar-refractivity contribution in [2.24, 2.45) is 5.92 Å². The van der Waals surface area contributed by atoms with Gasteiger partial charge in [-0.1, -0.05) is 13.8 Å². The fraction of sp³-hybridized carbons (Fsp3) is 0.455. The highest BCUT2D eigenvalue weighted by molar-refractivity contribution is 5.99. The van der Waals surface area contributed by atoms with Crippen molar-refractivity contribution in [3.05, 3.63) is 17.5 Å². The molecule has 0 saturated carbocycles. The molecule has 5 nitrogen and oxygen atoms in total. The average Bonchev–Trinajstić information content (AvgIpc) is 2.44. The van der Waals surface area contributed by atoms with E-state index in [2.05, 4.69) is 10.3 Å². The van der Waals surface area contributed by atoms with Crippen molar-refractivity contribution in [1.82, 2.24) is 4.98 Å². The topological polar surface area (TPSA) is 82.2 Å². The minimum absolute atomic E-state index is 0.0228. The molecule has 0 atom stereocenters. The lowest BCUT2D eigenvalue weighted by atomic mass is 10.1. The minimum Gasteiger partial charge on any atom is -0.477 e. The minimum atomic E-state index is -1.08. The first-order valence-electron chi connectivity index (χ1n) is 5.13. The Morgan fingerprint density at radius 2 is 2.12 bits per heavy atom. The summed E-state index contributed by atoms with van der Waals surface area (Å²) in [6, 6.07) is 1.61. The van der Waals surface area contributed by atoms with Gasteiger partial charge in [-0.3, -0.25) is 4.79 Å². The molecular formula is C11H16N2O3. The third-order valence-electron chi connectivity index (χ3n) is 2.03. The van der Waals surface area contributed by atoms with E-state index in [1.807, 2.05) is 13.8 Å². The molecule has 16 heavy (non-hydrogen) atoms. The maximum absolute atomic E-state index is 11.5. The van der Waals surface area contributed by atoms with Crippen molar-refractivity contribution in [3.8, 4) is 0 Å². The quantitative estimate of drug-likeness (QED) is 0.731. The van der Waals surface area contributed by atoms with E-state index in [0.717, 1.165) is 0 Å². The van der Waals surface area contributed by atoms with E-state index in [4.69, 9.17) is 5.11 Å². The predicted octanol–water partition coefficient (Wildman–Crippen LogP) is 2.01. The van der Waals surface area contributed by atoms with Crippen LogP contribution in [0.15, 0.2) is 6.07 Å². The zero-order chi connectivity index (χ0) is 12.3. The van der Waals surface area contributed by atoms with E-state index in [9.17, 15) is 9.59 Å². The maximum atomic E-state index is 11.5. The van der Waals surface area contributed by atoms with Gasteiger partial charge in [-0.2, -0.15) is 0 Å². The second-order valence-corrected chi connectivity index (χ2v) is 4.19. The summed E-state index contributed by atoms with van der Waals surface area (Å²) in [5.74, 6) is -1.00. The van der Waals surface area contributed by atoms with E-state index in [1.54, 1.807) is 13.0 Å². The van der Waals surface area contributed by atoms with Crippen LogP contribution in [0, 0.1) is 12.8 Å². The summed E-state index contributed by atoms with van der Waals surface area (Å²) >= 11 is 0. The number of amides is 1. The molecule has 1 heterocycles. The van der Waals surface area contributed by atoms with Gasteiger partial charge in [0.1, 0.15) is 5.69 Å². The summed E-state index contributed by atoms with van der Waals surface area (Å²) in [4.78, 5) is 25.0. The van der Waals surface area contributed by atoms with Gasteiger partial charge in [-0.25, -0.2) is 4.79 Å². The molecule has 0 radical (unpaired) electrons. The average molecular weight is 224 g/mol. The van der Waals surface area contributed by atoms with E-state index in [0.29, 0.717) is 17.8 Å². The number of carbonyl (C=O) groups excluding carboxylic acids is 1. The monoisotopic (exact) mass is 224 g/mol. The van der Waals surface area contributed by atoms with E-state index < -0.39 is 5.97 Å². The number of aromatic carboxylic acids is 1. The van der Waals surface area contributed by atoms with Crippen molar-refractivity contribution >= 4 is 17.6 Å². The van der Waals surface area contributed by atoms with E-state index >= 15 is 0 Å². The SMILES string of the molecule is Cc1cc(NC(=O)CC(C)C)c(C(=O)O)[nH]1. The molecule has 0 aliphatic rings. The number of carbonyl (C=O) groups is 2. The molecule has 1 rings (SSSR count). The highest BCUT2D eigenvalue weighted by Gasteiger charge is 2.15. The lowest BCUT2D eigenvalue weighted by molar-refractivity contribution is -0.116. The van der Waals surface area contributed by atoms with E-state index in [-0.39, 0.29) is 17.5 Å². The molecule has 1 aromatic heterocycles. The smallest absolute Gasteiger partial charge is 0.354 e. The number of anilines is 1. The van der Waals surface area contributed by atoms with Gasteiger partial charge in [0.15, 0.2) is 0 Å². The largest absolute Gasteiger partial charge is 0.477 e. The normalized spacial score (nSPS) is 10.5. The molecule has 0 fully saturated rings.